The summed E-state index contributed by atoms with van der Waals surface area (Å²) in [5.41, 5.74) is 0.571. The SMILES string of the molecule is CCOC(=O)Oc1ccc(C(=O)NCCNC(=O)c2cccc(F)c2)cc1. The molecule has 27 heavy (non-hydrogen) atoms. The van der Waals surface area contributed by atoms with Gasteiger partial charge in [0.2, 0.25) is 0 Å². The largest absolute Gasteiger partial charge is 0.513 e. The molecular formula is C19H19FN2O5. The Labute approximate surface area is 155 Å². The molecule has 0 aliphatic rings. The lowest BCUT2D eigenvalue weighted by molar-refractivity contribution is 0.0927. The molecule has 2 aromatic carbocycles. The Morgan fingerprint density at radius 1 is 0.926 bits per heavy atom. The van der Waals surface area contributed by atoms with Crippen LogP contribution in [-0.4, -0.2) is 37.7 Å². The van der Waals surface area contributed by atoms with Crippen LogP contribution in [0.3, 0.4) is 0 Å². The number of benzene rings is 2. The highest BCUT2D eigenvalue weighted by Crippen LogP contribution is 2.13. The molecule has 0 aliphatic heterocycles. The third-order valence-electron chi connectivity index (χ3n) is 3.36. The van der Waals surface area contributed by atoms with E-state index in [1.807, 2.05) is 0 Å². The Bertz CT molecular complexity index is 808. The summed E-state index contributed by atoms with van der Waals surface area (Å²) in [4.78, 5) is 35.1. The average Bonchev–Trinajstić information content (AvgIpc) is 2.65. The van der Waals surface area contributed by atoms with E-state index >= 15 is 0 Å². The summed E-state index contributed by atoms with van der Waals surface area (Å²) in [6, 6.07) is 11.3. The molecule has 0 fully saturated rings. The monoisotopic (exact) mass is 374 g/mol. The fourth-order valence-electron chi connectivity index (χ4n) is 2.10. The maximum Gasteiger partial charge on any atom is 0.513 e. The predicted molar refractivity (Wildman–Crippen MR) is 95.2 cm³/mol. The smallest absolute Gasteiger partial charge is 0.434 e. The summed E-state index contributed by atoms with van der Waals surface area (Å²) in [5, 5.41) is 5.22. The number of hydrogen-bond donors (Lipinski definition) is 2. The Morgan fingerprint density at radius 3 is 2.15 bits per heavy atom. The molecule has 0 unspecified atom stereocenters. The second-order valence-electron chi connectivity index (χ2n) is 5.33. The van der Waals surface area contributed by atoms with Gasteiger partial charge in [0.05, 0.1) is 6.61 Å². The Hall–Kier alpha value is -3.42. The first-order chi connectivity index (χ1) is 13.0. The van der Waals surface area contributed by atoms with E-state index in [9.17, 15) is 18.8 Å². The average molecular weight is 374 g/mol. The van der Waals surface area contributed by atoms with E-state index in [0.29, 0.717) is 5.56 Å². The van der Waals surface area contributed by atoms with Crippen molar-refractivity contribution in [2.45, 2.75) is 6.92 Å². The van der Waals surface area contributed by atoms with Gasteiger partial charge in [-0.1, -0.05) is 6.07 Å². The molecule has 2 N–H and O–H groups in total. The number of nitrogens with one attached hydrogen (secondary N) is 2. The molecule has 142 valence electrons. The van der Waals surface area contributed by atoms with Gasteiger partial charge in [0, 0.05) is 24.2 Å². The third-order valence-corrected chi connectivity index (χ3v) is 3.36. The van der Waals surface area contributed by atoms with Gasteiger partial charge in [0.25, 0.3) is 11.8 Å². The van der Waals surface area contributed by atoms with E-state index in [1.54, 1.807) is 6.92 Å². The van der Waals surface area contributed by atoms with Crippen LogP contribution in [0, 0.1) is 5.82 Å². The van der Waals surface area contributed by atoms with Gasteiger partial charge in [-0.05, 0) is 49.4 Å². The predicted octanol–water partition coefficient (Wildman–Crippen LogP) is 2.52. The second kappa shape index (κ2) is 9.91. The standard InChI is InChI=1S/C19H19FN2O5/c1-2-26-19(25)27-16-8-6-13(7-9-16)17(23)21-10-11-22-18(24)14-4-3-5-15(20)12-14/h3-9,12H,2,10-11H2,1H3,(H,21,23)(H,22,24). The number of halogens is 1. The Balaban J connectivity index is 1.75. The van der Waals surface area contributed by atoms with Crippen molar-refractivity contribution in [3.8, 4) is 5.75 Å². The van der Waals surface area contributed by atoms with Crippen LogP contribution in [0.25, 0.3) is 0 Å². The number of carbonyl (C=O) groups is 3. The molecule has 2 rings (SSSR count). The summed E-state index contributed by atoms with van der Waals surface area (Å²) in [7, 11) is 0. The zero-order valence-corrected chi connectivity index (χ0v) is 14.7. The van der Waals surface area contributed by atoms with Crippen LogP contribution in [-0.2, 0) is 4.74 Å². The molecule has 0 bridgehead atoms. The van der Waals surface area contributed by atoms with Crippen LogP contribution in [0.15, 0.2) is 48.5 Å². The van der Waals surface area contributed by atoms with Crippen LogP contribution in [0.4, 0.5) is 9.18 Å². The van der Waals surface area contributed by atoms with Crippen LogP contribution in [0.1, 0.15) is 27.6 Å². The van der Waals surface area contributed by atoms with E-state index in [0.717, 1.165) is 6.07 Å². The number of carbonyl (C=O) groups excluding carboxylic acids is 3. The number of amides is 2. The van der Waals surface area contributed by atoms with E-state index < -0.39 is 17.9 Å². The number of hydrogen-bond acceptors (Lipinski definition) is 5. The summed E-state index contributed by atoms with van der Waals surface area (Å²) >= 11 is 0. The minimum Gasteiger partial charge on any atom is -0.434 e. The van der Waals surface area contributed by atoms with E-state index in [-0.39, 0.29) is 36.9 Å². The van der Waals surface area contributed by atoms with E-state index in [1.165, 1.54) is 42.5 Å². The van der Waals surface area contributed by atoms with Crippen LogP contribution < -0.4 is 15.4 Å². The Kier molecular flexibility index (Phi) is 7.30. The van der Waals surface area contributed by atoms with Crippen LogP contribution in [0.2, 0.25) is 0 Å². The van der Waals surface area contributed by atoms with Gasteiger partial charge >= 0.3 is 6.16 Å². The summed E-state index contributed by atoms with van der Waals surface area (Å²) < 4.78 is 22.6. The lowest BCUT2D eigenvalue weighted by atomic mass is 10.2. The molecule has 7 nitrogen and oxygen atoms in total. The van der Waals surface area contributed by atoms with Gasteiger partial charge in [0.15, 0.2) is 0 Å². The fourth-order valence-corrected chi connectivity index (χ4v) is 2.10. The highest BCUT2D eigenvalue weighted by atomic mass is 19.1. The van der Waals surface area contributed by atoms with Gasteiger partial charge in [-0.25, -0.2) is 9.18 Å². The van der Waals surface area contributed by atoms with Gasteiger partial charge in [0.1, 0.15) is 11.6 Å². The van der Waals surface area contributed by atoms with Crippen molar-refractivity contribution in [2.75, 3.05) is 19.7 Å². The summed E-state index contributed by atoms with van der Waals surface area (Å²) in [6.07, 6.45) is -0.816. The zero-order valence-electron chi connectivity index (χ0n) is 14.7. The molecule has 0 heterocycles. The fraction of sp³-hybridized carbons (Fsp3) is 0.211. The molecule has 0 radical (unpaired) electrons. The first-order valence-electron chi connectivity index (χ1n) is 8.26. The number of ether oxygens (including phenoxy) is 2. The number of rotatable bonds is 7. The van der Waals surface area contributed by atoms with Crippen LogP contribution in [0.5, 0.6) is 5.75 Å². The van der Waals surface area contributed by atoms with Crippen molar-refractivity contribution in [2.24, 2.45) is 0 Å². The highest BCUT2D eigenvalue weighted by Gasteiger charge is 2.09. The molecule has 0 aromatic heterocycles. The van der Waals surface area contributed by atoms with Crippen molar-refractivity contribution in [3.63, 3.8) is 0 Å². The van der Waals surface area contributed by atoms with Gasteiger partial charge in [-0.2, -0.15) is 0 Å². The lowest BCUT2D eigenvalue weighted by Crippen LogP contribution is -2.34. The summed E-state index contributed by atoms with van der Waals surface area (Å²) in [5.74, 6) is -1.01. The van der Waals surface area contributed by atoms with Gasteiger partial charge in [-0.15, -0.1) is 0 Å². The topological polar surface area (TPSA) is 93.7 Å². The molecule has 0 aliphatic carbocycles. The van der Waals surface area contributed by atoms with E-state index in [4.69, 9.17) is 4.74 Å². The molecule has 0 saturated heterocycles. The van der Waals surface area contributed by atoms with Gasteiger partial charge in [-0.3, -0.25) is 9.59 Å². The van der Waals surface area contributed by atoms with E-state index in [2.05, 4.69) is 15.4 Å². The van der Waals surface area contributed by atoms with Crippen molar-refractivity contribution >= 4 is 18.0 Å². The highest BCUT2D eigenvalue weighted by molar-refractivity contribution is 5.95. The van der Waals surface area contributed by atoms with Crippen molar-refractivity contribution < 1.29 is 28.2 Å². The first-order valence-corrected chi connectivity index (χ1v) is 8.26. The first kappa shape index (κ1) is 19.9. The van der Waals surface area contributed by atoms with Crippen LogP contribution >= 0.6 is 0 Å². The summed E-state index contributed by atoms with van der Waals surface area (Å²) in [6.45, 7) is 2.25. The Morgan fingerprint density at radius 2 is 1.56 bits per heavy atom. The lowest BCUT2D eigenvalue weighted by Gasteiger charge is -2.08. The molecule has 2 amide bonds. The molecule has 0 spiro atoms. The normalized spacial score (nSPS) is 10.0. The maximum atomic E-state index is 13.1. The van der Waals surface area contributed by atoms with Gasteiger partial charge < -0.3 is 20.1 Å². The molecule has 0 saturated carbocycles. The second-order valence-corrected chi connectivity index (χ2v) is 5.33. The molecule has 8 heteroatoms. The zero-order chi connectivity index (χ0) is 19.6. The van der Waals surface area contributed by atoms with Crippen molar-refractivity contribution in [1.82, 2.24) is 10.6 Å². The minimum atomic E-state index is -0.816. The minimum absolute atomic E-state index is 0.186. The molecular weight excluding hydrogens is 355 g/mol. The van der Waals surface area contributed by atoms with Crippen molar-refractivity contribution in [3.05, 3.63) is 65.5 Å². The quantitative estimate of drug-likeness (QED) is 0.441. The maximum absolute atomic E-state index is 13.1. The molecule has 2 aromatic rings. The molecule has 0 atom stereocenters. The van der Waals surface area contributed by atoms with Crippen molar-refractivity contribution in [1.29, 1.82) is 0 Å². The third kappa shape index (κ3) is 6.43.